The largest absolute Gasteiger partial charge is 0.476 e. The monoisotopic (exact) mass is 275 g/mol. The molecule has 2 fully saturated rings. The van der Waals surface area contributed by atoms with Crippen LogP contribution in [0, 0.1) is 11.8 Å². The SMILES string of the molecule is CC1CCCC(Nc2ccc(N)c(OCC3CC3)n2)C1. The van der Waals surface area contributed by atoms with E-state index in [9.17, 15) is 0 Å². The van der Waals surface area contributed by atoms with Gasteiger partial charge in [0.05, 0.1) is 12.3 Å². The number of hydrogen-bond acceptors (Lipinski definition) is 4. The van der Waals surface area contributed by atoms with E-state index in [1.54, 1.807) is 0 Å². The minimum absolute atomic E-state index is 0.533. The highest BCUT2D eigenvalue weighted by Crippen LogP contribution is 2.31. The molecule has 0 aliphatic heterocycles. The maximum Gasteiger partial charge on any atom is 0.239 e. The third-order valence-electron chi connectivity index (χ3n) is 4.33. The third kappa shape index (κ3) is 3.56. The highest BCUT2D eigenvalue weighted by Gasteiger charge is 2.23. The summed E-state index contributed by atoms with van der Waals surface area (Å²) in [7, 11) is 0. The first-order valence-electron chi connectivity index (χ1n) is 7.86. The Hall–Kier alpha value is -1.45. The summed E-state index contributed by atoms with van der Waals surface area (Å²) in [6.07, 6.45) is 7.66. The number of aromatic nitrogens is 1. The Kier molecular flexibility index (Phi) is 3.99. The molecule has 1 heterocycles. The van der Waals surface area contributed by atoms with Crippen molar-refractivity contribution in [3.63, 3.8) is 0 Å². The van der Waals surface area contributed by atoms with Gasteiger partial charge in [-0.1, -0.05) is 19.8 Å². The minimum atomic E-state index is 0.533. The van der Waals surface area contributed by atoms with Gasteiger partial charge in [0.2, 0.25) is 5.88 Å². The van der Waals surface area contributed by atoms with Crippen LogP contribution in [0.15, 0.2) is 12.1 Å². The van der Waals surface area contributed by atoms with Gasteiger partial charge in [-0.05, 0) is 49.7 Å². The molecule has 0 bridgehead atoms. The zero-order valence-electron chi connectivity index (χ0n) is 12.3. The van der Waals surface area contributed by atoms with Gasteiger partial charge in [0, 0.05) is 6.04 Å². The van der Waals surface area contributed by atoms with Crippen molar-refractivity contribution in [1.29, 1.82) is 0 Å². The number of nitrogens with zero attached hydrogens (tertiary/aromatic N) is 1. The summed E-state index contributed by atoms with van der Waals surface area (Å²) in [6, 6.07) is 4.38. The number of anilines is 2. The van der Waals surface area contributed by atoms with Crippen LogP contribution in [-0.4, -0.2) is 17.6 Å². The fourth-order valence-electron chi connectivity index (χ4n) is 2.90. The van der Waals surface area contributed by atoms with Crippen LogP contribution in [0.25, 0.3) is 0 Å². The highest BCUT2D eigenvalue weighted by atomic mass is 16.5. The predicted octanol–water partition coefficient (Wildman–Crippen LogP) is 3.44. The van der Waals surface area contributed by atoms with Crippen LogP contribution in [0.3, 0.4) is 0 Å². The number of ether oxygens (including phenoxy) is 1. The smallest absolute Gasteiger partial charge is 0.239 e. The first-order valence-corrected chi connectivity index (χ1v) is 7.86. The number of nitrogens with two attached hydrogens (primary N) is 1. The molecule has 3 rings (SSSR count). The van der Waals surface area contributed by atoms with E-state index >= 15 is 0 Å². The molecule has 2 unspecified atom stereocenters. The van der Waals surface area contributed by atoms with Gasteiger partial charge < -0.3 is 15.8 Å². The van der Waals surface area contributed by atoms with Crippen LogP contribution in [0.2, 0.25) is 0 Å². The first kappa shape index (κ1) is 13.5. The minimum Gasteiger partial charge on any atom is -0.476 e. The molecule has 110 valence electrons. The van der Waals surface area contributed by atoms with E-state index in [-0.39, 0.29) is 0 Å². The van der Waals surface area contributed by atoms with E-state index in [2.05, 4.69) is 17.2 Å². The van der Waals surface area contributed by atoms with Gasteiger partial charge in [-0.3, -0.25) is 0 Å². The summed E-state index contributed by atoms with van der Waals surface area (Å²) >= 11 is 0. The van der Waals surface area contributed by atoms with E-state index in [0.717, 1.165) is 18.3 Å². The molecule has 2 atom stereocenters. The molecular formula is C16H25N3O. The molecule has 0 aromatic carbocycles. The van der Waals surface area contributed by atoms with Gasteiger partial charge >= 0.3 is 0 Å². The Morgan fingerprint density at radius 1 is 1.30 bits per heavy atom. The van der Waals surface area contributed by atoms with Gasteiger partial charge in [0.25, 0.3) is 0 Å². The first-order chi connectivity index (χ1) is 9.70. The fraction of sp³-hybridized carbons (Fsp3) is 0.688. The molecule has 0 saturated heterocycles. The highest BCUT2D eigenvalue weighted by molar-refractivity contribution is 5.53. The second-order valence-corrected chi connectivity index (χ2v) is 6.46. The molecule has 1 aromatic heterocycles. The van der Waals surface area contributed by atoms with Crippen LogP contribution < -0.4 is 15.8 Å². The summed E-state index contributed by atoms with van der Waals surface area (Å²) in [4.78, 5) is 4.53. The van der Waals surface area contributed by atoms with Crippen molar-refractivity contribution in [2.75, 3.05) is 17.7 Å². The van der Waals surface area contributed by atoms with Crippen LogP contribution >= 0.6 is 0 Å². The van der Waals surface area contributed by atoms with Gasteiger partial charge in [-0.2, -0.15) is 4.98 Å². The molecule has 20 heavy (non-hydrogen) atoms. The van der Waals surface area contributed by atoms with Gasteiger partial charge in [0.15, 0.2) is 0 Å². The molecule has 2 aliphatic carbocycles. The lowest BCUT2D eigenvalue weighted by atomic mass is 9.87. The molecule has 1 aromatic rings. The van der Waals surface area contributed by atoms with Crippen molar-refractivity contribution in [3.8, 4) is 5.88 Å². The zero-order chi connectivity index (χ0) is 13.9. The van der Waals surface area contributed by atoms with E-state index in [0.29, 0.717) is 23.5 Å². The molecule has 0 spiro atoms. The van der Waals surface area contributed by atoms with Crippen LogP contribution in [0.5, 0.6) is 5.88 Å². The number of nitrogen functional groups attached to an aromatic ring is 1. The van der Waals surface area contributed by atoms with E-state index in [1.165, 1.54) is 38.5 Å². The van der Waals surface area contributed by atoms with Crippen molar-refractivity contribution in [3.05, 3.63) is 12.1 Å². The number of nitrogens with one attached hydrogen (secondary N) is 1. The van der Waals surface area contributed by atoms with E-state index < -0.39 is 0 Å². The molecular weight excluding hydrogens is 250 g/mol. The van der Waals surface area contributed by atoms with Crippen LogP contribution in [0.4, 0.5) is 11.5 Å². The lowest BCUT2D eigenvalue weighted by molar-refractivity contribution is 0.290. The van der Waals surface area contributed by atoms with Crippen LogP contribution in [0.1, 0.15) is 45.4 Å². The Morgan fingerprint density at radius 3 is 2.90 bits per heavy atom. The van der Waals surface area contributed by atoms with Crippen molar-refractivity contribution in [2.24, 2.45) is 11.8 Å². The molecule has 4 nitrogen and oxygen atoms in total. The van der Waals surface area contributed by atoms with E-state index in [1.807, 2.05) is 12.1 Å². The molecule has 2 aliphatic rings. The van der Waals surface area contributed by atoms with Crippen molar-refractivity contribution < 1.29 is 4.74 Å². The Balaban J connectivity index is 1.61. The van der Waals surface area contributed by atoms with Crippen molar-refractivity contribution >= 4 is 11.5 Å². The van der Waals surface area contributed by atoms with Gasteiger partial charge in [-0.15, -0.1) is 0 Å². The second kappa shape index (κ2) is 5.90. The quantitative estimate of drug-likeness (QED) is 0.864. The topological polar surface area (TPSA) is 60.2 Å². The number of rotatable bonds is 5. The van der Waals surface area contributed by atoms with Crippen molar-refractivity contribution in [2.45, 2.75) is 51.5 Å². The Labute approximate surface area is 121 Å². The molecule has 0 amide bonds. The average Bonchev–Trinajstić information content (AvgIpc) is 3.23. The predicted molar refractivity (Wildman–Crippen MR) is 81.9 cm³/mol. The summed E-state index contributed by atoms with van der Waals surface area (Å²) in [5.74, 6) is 3.00. The van der Waals surface area contributed by atoms with E-state index in [4.69, 9.17) is 10.5 Å². The maximum atomic E-state index is 5.94. The normalized spacial score (nSPS) is 26.2. The van der Waals surface area contributed by atoms with Crippen LogP contribution in [-0.2, 0) is 0 Å². The summed E-state index contributed by atoms with van der Waals surface area (Å²) in [5.41, 5.74) is 6.57. The zero-order valence-corrected chi connectivity index (χ0v) is 12.3. The molecule has 4 heteroatoms. The Morgan fingerprint density at radius 2 is 2.15 bits per heavy atom. The number of hydrogen-bond donors (Lipinski definition) is 2. The fourth-order valence-corrected chi connectivity index (χ4v) is 2.90. The van der Waals surface area contributed by atoms with Crippen molar-refractivity contribution in [1.82, 2.24) is 4.98 Å². The number of pyridine rings is 1. The summed E-state index contributed by atoms with van der Waals surface area (Å²) < 4.78 is 5.74. The summed E-state index contributed by atoms with van der Waals surface area (Å²) in [5, 5.41) is 3.54. The maximum absolute atomic E-state index is 5.94. The molecule has 0 radical (unpaired) electrons. The standard InChI is InChI=1S/C16H25N3O/c1-11-3-2-4-13(9-11)18-15-8-7-14(17)16(19-15)20-10-12-5-6-12/h7-8,11-13H,2-6,9-10,17H2,1H3,(H,18,19). The molecule has 3 N–H and O–H groups in total. The Bertz CT molecular complexity index is 459. The lowest BCUT2D eigenvalue weighted by Gasteiger charge is -2.28. The lowest BCUT2D eigenvalue weighted by Crippen LogP contribution is -2.26. The average molecular weight is 275 g/mol. The summed E-state index contributed by atoms with van der Waals surface area (Å²) in [6.45, 7) is 3.08. The molecule has 2 saturated carbocycles. The van der Waals surface area contributed by atoms with Gasteiger partial charge in [0.1, 0.15) is 5.82 Å². The second-order valence-electron chi connectivity index (χ2n) is 6.46. The van der Waals surface area contributed by atoms with Gasteiger partial charge in [-0.25, -0.2) is 0 Å². The third-order valence-corrected chi connectivity index (χ3v) is 4.33.